The molecule has 0 fully saturated rings. The van der Waals surface area contributed by atoms with E-state index in [0.717, 1.165) is 13.1 Å². The third-order valence-corrected chi connectivity index (χ3v) is 1.07. The molecule has 2 nitrogen and oxygen atoms in total. The fourth-order valence-corrected chi connectivity index (χ4v) is 0.551. The van der Waals surface area contributed by atoms with Gasteiger partial charge in [-0.2, -0.15) is 0 Å². The van der Waals surface area contributed by atoms with E-state index in [4.69, 9.17) is 16.0 Å². The minimum absolute atomic E-state index is 0.799. The summed E-state index contributed by atoms with van der Waals surface area (Å²) in [5.74, 6) is 0. The van der Waals surface area contributed by atoms with Crippen LogP contribution < -0.4 is 0 Å². The molecule has 1 heterocycles. The van der Waals surface area contributed by atoms with Gasteiger partial charge in [0.1, 0.15) is 0 Å². The van der Waals surface area contributed by atoms with Crippen molar-refractivity contribution < 1.29 is 0 Å². The average Bonchev–Trinajstić information content (AvgIpc) is 1.77. The predicted octanol–water partition coefficient (Wildman–Crippen LogP) is -0.758. The second-order valence-electron chi connectivity index (χ2n) is 1.77. The number of hydrogen-bond donors (Lipinski definition) is 0. The van der Waals surface area contributed by atoms with Crippen LogP contribution in [0.3, 0.4) is 0 Å². The lowest BCUT2D eigenvalue weighted by atomic mass is 10.2. The molecule has 0 atom stereocenters. The highest BCUT2D eigenvalue weighted by molar-refractivity contribution is 6.06. The molecule has 1 aliphatic heterocycles. The summed E-state index contributed by atoms with van der Waals surface area (Å²) >= 11 is 0. The van der Waals surface area contributed by atoms with Gasteiger partial charge in [0.15, 0.2) is 0 Å². The fraction of sp³-hybridized carbons (Fsp3) is 0.500. The molecule has 1 aliphatic rings. The highest BCUT2D eigenvalue weighted by atomic mass is 15.1. The topological polar surface area (TPSA) is 6.48 Å². The molecule has 0 aromatic rings. The van der Waals surface area contributed by atoms with Crippen LogP contribution >= 0.6 is 0 Å². The zero-order valence-corrected chi connectivity index (χ0v) is 4.62. The minimum Gasteiger partial charge on any atom is -0.428 e. The van der Waals surface area contributed by atoms with Crippen molar-refractivity contribution in [3.05, 3.63) is 12.4 Å². The Kier molecular flexibility index (Phi) is 1.51. The van der Waals surface area contributed by atoms with E-state index in [1.807, 2.05) is 0 Å². The Morgan fingerprint density at radius 2 is 1.38 bits per heavy atom. The lowest BCUT2D eigenvalue weighted by Crippen LogP contribution is -2.31. The molecule has 0 aromatic heterocycles. The first kappa shape index (κ1) is 5.60. The van der Waals surface area contributed by atoms with Gasteiger partial charge in [-0.3, -0.25) is 0 Å². The van der Waals surface area contributed by atoms with Crippen molar-refractivity contribution in [1.82, 2.24) is 9.62 Å². The summed E-state index contributed by atoms with van der Waals surface area (Å²) in [6.45, 7) is 1.60. The third kappa shape index (κ3) is 1.22. The third-order valence-electron chi connectivity index (χ3n) is 1.07. The molecule has 0 aliphatic carbocycles. The second kappa shape index (κ2) is 2.16. The molecule has 4 heteroatoms. The first-order valence-electron chi connectivity index (χ1n) is 2.50. The van der Waals surface area contributed by atoms with Crippen molar-refractivity contribution in [3.63, 3.8) is 0 Å². The molecule has 0 unspecified atom stereocenters. The van der Waals surface area contributed by atoms with Crippen molar-refractivity contribution in [3.8, 4) is 0 Å². The highest BCUT2D eigenvalue weighted by Gasteiger charge is 1.98. The van der Waals surface area contributed by atoms with E-state index in [9.17, 15) is 0 Å². The van der Waals surface area contributed by atoms with Gasteiger partial charge in [-0.25, -0.2) is 0 Å². The van der Waals surface area contributed by atoms with Gasteiger partial charge >= 0.3 is 0 Å². The van der Waals surface area contributed by atoms with Crippen molar-refractivity contribution in [1.29, 1.82) is 0 Å². The predicted molar refractivity (Wildman–Crippen MR) is 34.1 cm³/mol. The van der Waals surface area contributed by atoms with Gasteiger partial charge in [-0.1, -0.05) is 0 Å². The molecular weight excluding hydrogens is 97.7 g/mol. The molecular formula is C4H6B2N2. The Balaban J connectivity index is 2.42. The van der Waals surface area contributed by atoms with Crippen LogP contribution in [0.25, 0.3) is 0 Å². The Labute approximate surface area is 52.0 Å². The van der Waals surface area contributed by atoms with Crippen LogP contribution in [0, 0.1) is 0 Å². The van der Waals surface area contributed by atoms with E-state index in [1.165, 1.54) is 0 Å². The molecule has 0 bridgehead atoms. The van der Waals surface area contributed by atoms with Crippen molar-refractivity contribution in [2.24, 2.45) is 0 Å². The average molecular weight is 104 g/mol. The van der Waals surface area contributed by atoms with Crippen LogP contribution in [0.4, 0.5) is 0 Å². The van der Waals surface area contributed by atoms with E-state index in [0.29, 0.717) is 0 Å². The van der Waals surface area contributed by atoms with Gasteiger partial charge < -0.3 is 9.62 Å². The van der Waals surface area contributed by atoms with Gasteiger partial charge in [-0.05, 0) is 0 Å². The zero-order chi connectivity index (χ0) is 5.98. The van der Waals surface area contributed by atoms with Crippen molar-refractivity contribution in [2.45, 2.75) is 0 Å². The molecule has 4 radical (unpaired) electrons. The zero-order valence-electron chi connectivity index (χ0n) is 4.62. The van der Waals surface area contributed by atoms with Crippen molar-refractivity contribution >= 4 is 16.0 Å². The highest BCUT2D eigenvalue weighted by Crippen LogP contribution is 1.94. The quantitative estimate of drug-likeness (QED) is 0.372. The van der Waals surface area contributed by atoms with Crippen LogP contribution in [0.5, 0.6) is 0 Å². The van der Waals surface area contributed by atoms with Crippen LogP contribution in [0.2, 0.25) is 0 Å². The normalized spacial score (nSPS) is 19.5. The molecule has 1 rings (SSSR count). The van der Waals surface area contributed by atoms with Gasteiger partial charge in [-0.15, -0.1) is 0 Å². The van der Waals surface area contributed by atoms with Gasteiger partial charge in [0, 0.05) is 25.5 Å². The van der Waals surface area contributed by atoms with E-state index in [2.05, 4.69) is 0 Å². The molecule has 0 saturated carbocycles. The van der Waals surface area contributed by atoms with E-state index >= 15 is 0 Å². The number of nitrogens with zero attached hydrogens (tertiary/aromatic N) is 2. The summed E-state index contributed by atoms with van der Waals surface area (Å²) < 4.78 is 0. The van der Waals surface area contributed by atoms with E-state index < -0.39 is 0 Å². The molecule has 38 valence electrons. The van der Waals surface area contributed by atoms with Crippen LogP contribution in [-0.4, -0.2) is 38.7 Å². The van der Waals surface area contributed by atoms with Gasteiger partial charge in [0.25, 0.3) is 0 Å². The number of hydrogen-bond acceptors (Lipinski definition) is 2. The summed E-state index contributed by atoms with van der Waals surface area (Å²) in [5.41, 5.74) is 0. The molecule has 0 amide bonds. The van der Waals surface area contributed by atoms with Crippen molar-refractivity contribution in [2.75, 3.05) is 13.1 Å². The number of rotatable bonds is 0. The smallest absolute Gasteiger partial charge is 0.226 e. The minimum atomic E-state index is 0.799. The Bertz CT molecular complexity index is 92.2. The molecule has 0 N–H and O–H groups in total. The van der Waals surface area contributed by atoms with Crippen LogP contribution in [0.1, 0.15) is 0 Å². The Morgan fingerprint density at radius 3 is 1.62 bits per heavy atom. The first-order chi connectivity index (χ1) is 3.79. The van der Waals surface area contributed by atoms with E-state index in [-0.39, 0.29) is 0 Å². The maximum Gasteiger partial charge on any atom is 0.226 e. The summed E-state index contributed by atoms with van der Waals surface area (Å²) in [6.07, 6.45) is 3.48. The SMILES string of the molecule is [B]N1C=CN([B])CC1. The largest absolute Gasteiger partial charge is 0.428 e. The molecule has 0 spiro atoms. The monoisotopic (exact) mass is 104 g/mol. The maximum absolute atomic E-state index is 5.36. The standard InChI is InChI=1S/C4H6B2N2/c5-7-1-2-8(6)4-3-7/h1-2H,3-4H2. The second-order valence-corrected chi connectivity index (χ2v) is 1.77. The summed E-state index contributed by atoms with van der Waals surface area (Å²) in [4.78, 5) is 3.20. The van der Waals surface area contributed by atoms with Gasteiger partial charge in [0.05, 0.1) is 0 Å². The summed E-state index contributed by atoms with van der Waals surface area (Å²) in [5, 5.41) is 0. The molecule has 0 saturated heterocycles. The Hall–Kier alpha value is -0.530. The first-order valence-corrected chi connectivity index (χ1v) is 2.50. The lowest BCUT2D eigenvalue weighted by molar-refractivity contribution is 0.456. The molecule has 8 heavy (non-hydrogen) atoms. The van der Waals surface area contributed by atoms with E-state index in [1.54, 1.807) is 22.0 Å². The Morgan fingerprint density at radius 1 is 1.00 bits per heavy atom. The fourth-order valence-electron chi connectivity index (χ4n) is 0.551. The van der Waals surface area contributed by atoms with Crippen LogP contribution in [-0.2, 0) is 0 Å². The lowest BCUT2D eigenvalue weighted by Gasteiger charge is -2.26. The summed E-state index contributed by atoms with van der Waals surface area (Å²) in [7, 11) is 10.7. The van der Waals surface area contributed by atoms with Gasteiger partial charge in [0.2, 0.25) is 16.0 Å². The maximum atomic E-state index is 5.36. The molecule has 0 aromatic carbocycles. The summed E-state index contributed by atoms with van der Waals surface area (Å²) in [6, 6.07) is 0. The van der Waals surface area contributed by atoms with Crippen LogP contribution in [0.15, 0.2) is 12.4 Å².